The SMILES string of the molecule is O=C(O)[C@H]1CCCN(C2CCOCC2)C1. The van der Waals surface area contributed by atoms with Crippen molar-refractivity contribution >= 4 is 5.97 Å². The zero-order valence-corrected chi connectivity index (χ0v) is 9.02. The Morgan fingerprint density at radius 3 is 2.67 bits per heavy atom. The number of nitrogens with zero attached hydrogens (tertiary/aromatic N) is 1. The van der Waals surface area contributed by atoms with Gasteiger partial charge >= 0.3 is 5.97 Å². The van der Waals surface area contributed by atoms with Crippen LogP contribution in [0.25, 0.3) is 0 Å². The molecule has 0 amide bonds. The number of carboxylic acid groups (broad SMARTS) is 1. The highest BCUT2D eigenvalue weighted by molar-refractivity contribution is 5.70. The fourth-order valence-electron chi connectivity index (χ4n) is 2.59. The first-order valence-corrected chi connectivity index (χ1v) is 5.82. The van der Waals surface area contributed by atoms with Crippen LogP contribution in [-0.2, 0) is 9.53 Å². The van der Waals surface area contributed by atoms with Crippen molar-refractivity contribution in [1.82, 2.24) is 4.90 Å². The highest BCUT2D eigenvalue weighted by Crippen LogP contribution is 2.22. The molecule has 0 bridgehead atoms. The summed E-state index contributed by atoms with van der Waals surface area (Å²) in [6.45, 7) is 3.46. The summed E-state index contributed by atoms with van der Waals surface area (Å²) in [5, 5.41) is 9.00. The van der Waals surface area contributed by atoms with Gasteiger partial charge in [0, 0.05) is 25.8 Å². The summed E-state index contributed by atoms with van der Waals surface area (Å²) in [7, 11) is 0. The number of piperidine rings is 1. The van der Waals surface area contributed by atoms with E-state index in [-0.39, 0.29) is 5.92 Å². The number of aliphatic carboxylic acids is 1. The molecule has 2 saturated heterocycles. The van der Waals surface area contributed by atoms with E-state index < -0.39 is 5.97 Å². The van der Waals surface area contributed by atoms with Crippen molar-refractivity contribution in [2.75, 3.05) is 26.3 Å². The average Bonchev–Trinajstić information content (AvgIpc) is 2.30. The van der Waals surface area contributed by atoms with E-state index in [1.807, 2.05) is 0 Å². The fraction of sp³-hybridized carbons (Fsp3) is 0.909. The van der Waals surface area contributed by atoms with Crippen LogP contribution in [0, 0.1) is 5.92 Å². The van der Waals surface area contributed by atoms with Crippen LogP contribution in [0.5, 0.6) is 0 Å². The Bertz CT molecular complexity index is 226. The summed E-state index contributed by atoms with van der Waals surface area (Å²) >= 11 is 0. The van der Waals surface area contributed by atoms with Crippen molar-refractivity contribution in [3.63, 3.8) is 0 Å². The number of ether oxygens (including phenoxy) is 1. The number of rotatable bonds is 2. The van der Waals surface area contributed by atoms with Gasteiger partial charge in [0.1, 0.15) is 0 Å². The first kappa shape index (κ1) is 10.9. The average molecular weight is 213 g/mol. The molecule has 0 aromatic rings. The molecule has 0 saturated carbocycles. The van der Waals surface area contributed by atoms with Gasteiger partial charge in [0.2, 0.25) is 0 Å². The third kappa shape index (κ3) is 2.69. The van der Waals surface area contributed by atoms with Crippen LogP contribution in [0.1, 0.15) is 25.7 Å². The summed E-state index contributed by atoms with van der Waals surface area (Å²) in [5.74, 6) is -0.784. The van der Waals surface area contributed by atoms with Gasteiger partial charge in [0.25, 0.3) is 0 Å². The second kappa shape index (κ2) is 4.94. The van der Waals surface area contributed by atoms with Crippen molar-refractivity contribution in [2.24, 2.45) is 5.92 Å². The summed E-state index contributed by atoms with van der Waals surface area (Å²) in [6, 6.07) is 0.556. The van der Waals surface area contributed by atoms with Gasteiger partial charge in [-0.05, 0) is 32.2 Å². The van der Waals surface area contributed by atoms with E-state index in [4.69, 9.17) is 9.84 Å². The fourth-order valence-corrected chi connectivity index (χ4v) is 2.59. The second-order valence-corrected chi connectivity index (χ2v) is 4.52. The Morgan fingerprint density at radius 1 is 1.27 bits per heavy atom. The van der Waals surface area contributed by atoms with E-state index in [1.54, 1.807) is 0 Å². The van der Waals surface area contributed by atoms with Crippen LogP contribution >= 0.6 is 0 Å². The number of carboxylic acids is 1. The molecule has 2 rings (SSSR count). The zero-order chi connectivity index (χ0) is 10.7. The molecule has 0 radical (unpaired) electrons. The van der Waals surface area contributed by atoms with Crippen molar-refractivity contribution in [1.29, 1.82) is 0 Å². The minimum atomic E-state index is -0.633. The molecule has 2 aliphatic rings. The summed E-state index contributed by atoms with van der Waals surface area (Å²) in [4.78, 5) is 13.3. The first-order chi connectivity index (χ1) is 7.27. The molecule has 1 N–H and O–H groups in total. The highest BCUT2D eigenvalue weighted by Gasteiger charge is 2.30. The van der Waals surface area contributed by atoms with Crippen LogP contribution in [0.4, 0.5) is 0 Å². The van der Waals surface area contributed by atoms with Gasteiger partial charge in [-0.3, -0.25) is 9.69 Å². The maximum atomic E-state index is 10.9. The number of hydrogen-bond donors (Lipinski definition) is 1. The first-order valence-electron chi connectivity index (χ1n) is 5.82. The third-order valence-corrected chi connectivity index (χ3v) is 3.51. The van der Waals surface area contributed by atoms with E-state index in [2.05, 4.69) is 4.90 Å². The molecule has 1 atom stereocenters. The van der Waals surface area contributed by atoms with E-state index in [0.29, 0.717) is 6.04 Å². The van der Waals surface area contributed by atoms with Crippen molar-refractivity contribution in [3.8, 4) is 0 Å². The summed E-state index contributed by atoms with van der Waals surface area (Å²) < 4.78 is 5.32. The highest BCUT2D eigenvalue weighted by atomic mass is 16.5. The predicted octanol–water partition coefficient (Wildman–Crippen LogP) is 0.962. The Labute approximate surface area is 90.2 Å². The van der Waals surface area contributed by atoms with E-state index >= 15 is 0 Å². The Hall–Kier alpha value is -0.610. The smallest absolute Gasteiger partial charge is 0.307 e. The molecule has 15 heavy (non-hydrogen) atoms. The van der Waals surface area contributed by atoms with Crippen LogP contribution < -0.4 is 0 Å². The van der Waals surface area contributed by atoms with E-state index in [0.717, 1.165) is 52.0 Å². The maximum Gasteiger partial charge on any atom is 0.307 e. The lowest BCUT2D eigenvalue weighted by Crippen LogP contribution is -2.46. The van der Waals surface area contributed by atoms with Crippen molar-refractivity contribution in [3.05, 3.63) is 0 Å². The monoisotopic (exact) mass is 213 g/mol. The lowest BCUT2D eigenvalue weighted by atomic mass is 9.95. The van der Waals surface area contributed by atoms with Gasteiger partial charge < -0.3 is 9.84 Å². The van der Waals surface area contributed by atoms with Crippen LogP contribution in [0.3, 0.4) is 0 Å². The number of likely N-dealkylation sites (tertiary alicyclic amines) is 1. The lowest BCUT2D eigenvalue weighted by Gasteiger charge is -2.38. The normalized spacial score (nSPS) is 30.3. The molecule has 2 heterocycles. The van der Waals surface area contributed by atoms with Gasteiger partial charge in [-0.25, -0.2) is 0 Å². The number of carbonyl (C=O) groups is 1. The quantitative estimate of drug-likeness (QED) is 0.742. The molecule has 0 aromatic heterocycles. The molecule has 0 unspecified atom stereocenters. The second-order valence-electron chi connectivity index (χ2n) is 4.52. The third-order valence-electron chi connectivity index (χ3n) is 3.51. The van der Waals surface area contributed by atoms with Crippen LogP contribution in [0.2, 0.25) is 0 Å². The minimum absolute atomic E-state index is 0.151. The van der Waals surface area contributed by atoms with Gasteiger partial charge in [-0.15, -0.1) is 0 Å². The van der Waals surface area contributed by atoms with Gasteiger partial charge in [-0.1, -0.05) is 0 Å². The largest absolute Gasteiger partial charge is 0.481 e. The minimum Gasteiger partial charge on any atom is -0.481 e. The molecular weight excluding hydrogens is 194 g/mol. The van der Waals surface area contributed by atoms with Crippen molar-refractivity contribution in [2.45, 2.75) is 31.7 Å². The molecule has 2 aliphatic heterocycles. The zero-order valence-electron chi connectivity index (χ0n) is 9.02. The molecule has 0 aliphatic carbocycles. The molecule has 4 nitrogen and oxygen atoms in total. The predicted molar refractivity (Wildman–Crippen MR) is 55.8 cm³/mol. The summed E-state index contributed by atoms with van der Waals surface area (Å²) in [6.07, 6.45) is 3.99. The topological polar surface area (TPSA) is 49.8 Å². The molecule has 4 heteroatoms. The van der Waals surface area contributed by atoms with Gasteiger partial charge in [0.05, 0.1) is 5.92 Å². The van der Waals surface area contributed by atoms with Gasteiger partial charge in [0.15, 0.2) is 0 Å². The van der Waals surface area contributed by atoms with E-state index in [1.165, 1.54) is 0 Å². The van der Waals surface area contributed by atoms with Gasteiger partial charge in [-0.2, -0.15) is 0 Å². The molecule has 86 valence electrons. The standard InChI is InChI=1S/C11H19NO3/c13-11(14)9-2-1-5-12(8-9)10-3-6-15-7-4-10/h9-10H,1-8H2,(H,13,14)/t9-/m0/s1. The molecular formula is C11H19NO3. The Morgan fingerprint density at radius 2 is 2.00 bits per heavy atom. The van der Waals surface area contributed by atoms with E-state index in [9.17, 15) is 4.79 Å². The molecule has 2 fully saturated rings. The van der Waals surface area contributed by atoms with Crippen LogP contribution in [-0.4, -0.2) is 48.3 Å². The lowest BCUT2D eigenvalue weighted by molar-refractivity contribution is -0.144. The number of hydrogen-bond acceptors (Lipinski definition) is 3. The van der Waals surface area contributed by atoms with Crippen molar-refractivity contribution < 1.29 is 14.6 Å². The maximum absolute atomic E-state index is 10.9. The molecule has 0 aromatic carbocycles. The van der Waals surface area contributed by atoms with Crippen LogP contribution in [0.15, 0.2) is 0 Å². The Kier molecular flexibility index (Phi) is 3.59. The molecule has 0 spiro atoms. The summed E-state index contributed by atoms with van der Waals surface area (Å²) in [5.41, 5.74) is 0. The Balaban J connectivity index is 1.88.